The standard InChI is InChI=1S/C14H11ClF3N3S/c15-11-6-9(14(16,17)18)7-19-12(11)8-20-13(22)21-10-4-2-1-3-5-10/h1-7H,8H2,(H2,20,21,22). The summed E-state index contributed by atoms with van der Waals surface area (Å²) < 4.78 is 37.5. The predicted molar refractivity (Wildman–Crippen MR) is 83.8 cm³/mol. The number of pyridine rings is 1. The Bertz CT molecular complexity index is 662. The topological polar surface area (TPSA) is 37.0 Å². The molecule has 0 saturated carbocycles. The van der Waals surface area contributed by atoms with Gasteiger partial charge in [0.15, 0.2) is 5.11 Å². The summed E-state index contributed by atoms with van der Waals surface area (Å²) in [6.45, 7) is 0.121. The van der Waals surface area contributed by atoms with Gasteiger partial charge >= 0.3 is 6.18 Å². The SMILES string of the molecule is FC(F)(F)c1cnc(CNC(=S)Nc2ccccc2)c(Cl)c1. The maximum absolute atomic E-state index is 12.5. The van der Waals surface area contributed by atoms with Crippen LogP contribution in [-0.2, 0) is 12.7 Å². The van der Waals surface area contributed by atoms with Crippen molar-refractivity contribution in [3.8, 4) is 0 Å². The monoisotopic (exact) mass is 345 g/mol. The van der Waals surface area contributed by atoms with Crippen molar-refractivity contribution in [3.63, 3.8) is 0 Å². The molecule has 2 rings (SSSR count). The lowest BCUT2D eigenvalue weighted by atomic mass is 10.2. The summed E-state index contributed by atoms with van der Waals surface area (Å²) in [4.78, 5) is 3.72. The van der Waals surface area contributed by atoms with E-state index < -0.39 is 11.7 Å². The Morgan fingerprint density at radius 2 is 1.91 bits per heavy atom. The number of anilines is 1. The molecule has 3 nitrogen and oxygen atoms in total. The Morgan fingerprint density at radius 3 is 2.50 bits per heavy atom. The first-order chi connectivity index (χ1) is 10.4. The summed E-state index contributed by atoms with van der Waals surface area (Å²) >= 11 is 10.9. The van der Waals surface area contributed by atoms with Crippen LogP contribution in [0, 0.1) is 0 Å². The number of nitrogens with one attached hydrogen (secondary N) is 2. The average molecular weight is 346 g/mol. The van der Waals surface area contributed by atoms with Crippen LogP contribution in [0.25, 0.3) is 0 Å². The summed E-state index contributed by atoms with van der Waals surface area (Å²) in [5.74, 6) is 0. The van der Waals surface area contributed by atoms with Crippen LogP contribution in [-0.4, -0.2) is 10.1 Å². The van der Waals surface area contributed by atoms with Crippen molar-refractivity contribution < 1.29 is 13.2 Å². The molecule has 0 radical (unpaired) electrons. The second kappa shape index (κ2) is 6.93. The van der Waals surface area contributed by atoms with Crippen LogP contribution in [0.4, 0.5) is 18.9 Å². The Hall–Kier alpha value is -1.86. The Labute approximate surface area is 135 Å². The molecule has 1 aromatic carbocycles. The molecular weight excluding hydrogens is 335 g/mol. The summed E-state index contributed by atoms with van der Waals surface area (Å²) in [6, 6.07) is 10.1. The van der Waals surface area contributed by atoms with Crippen molar-refractivity contribution >= 4 is 34.6 Å². The van der Waals surface area contributed by atoms with Gasteiger partial charge in [-0.25, -0.2) is 0 Å². The summed E-state index contributed by atoms with van der Waals surface area (Å²) in [6.07, 6.45) is -3.72. The maximum atomic E-state index is 12.5. The molecule has 0 bridgehead atoms. The van der Waals surface area contributed by atoms with E-state index in [0.29, 0.717) is 5.11 Å². The molecule has 0 aliphatic rings. The van der Waals surface area contributed by atoms with Crippen LogP contribution < -0.4 is 10.6 Å². The molecule has 0 atom stereocenters. The molecule has 22 heavy (non-hydrogen) atoms. The largest absolute Gasteiger partial charge is 0.417 e. The number of hydrogen-bond donors (Lipinski definition) is 2. The number of alkyl halides is 3. The lowest BCUT2D eigenvalue weighted by Gasteiger charge is -2.12. The van der Waals surface area contributed by atoms with Gasteiger partial charge in [-0.05, 0) is 30.4 Å². The van der Waals surface area contributed by atoms with Crippen molar-refractivity contribution in [3.05, 3.63) is 58.9 Å². The van der Waals surface area contributed by atoms with Gasteiger partial charge in [0.1, 0.15) is 0 Å². The lowest BCUT2D eigenvalue weighted by Crippen LogP contribution is -2.28. The predicted octanol–water partition coefficient (Wildman–Crippen LogP) is 4.24. The van der Waals surface area contributed by atoms with E-state index in [0.717, 1.165) is 18.0 Å². The van der Waals surface area contributed by atoms with Gasteiger partial charge < -0.3 is 10.6 Å². The van der Waals surface area contributed by atoms with Gasteiger partial charge in [-0.2, -0.15) is 13.2 Å². The number of nitrogens with zero attached hydrogens (tertiary/aromatic N) is 1. The van der Waals surface area contributed by atoms with E-state index in [4.69, 9.17) is 23.8 Å². The highest BCUT2D eigenvalue weighted by Gasteiger charge is 2.31. The third kappa shape index (κ3) is 4.57. The minimum atomic E-state index is -4.47. The van der Waals surface area contributed by atoms with Gasteiger partial charge in [0.05, 0.1) is 22.8 Å². The fourth-order valence-corrected chi connectivity index (χ4v) is 2.04. The normalized spacial score (nSPS) is 11.1. The summed E-state index contributed by atoms with van der Waals surface area (Å²) in [5, 5.41) is 6.03. The zero-order valence-electron chi connectivity index (χ0n) is 11.1. The van der Waals surface area contributed by atoms with E-state index in [2.05, 4.69) is 15.6 Å². The summed E-state index contributed by atoms with van der Waals surface area (Å²) in [7, 11) is 0. The fourth-order valence-electron chi connectivity index (χ4n) is 1.61. The molecule has 0 aliphatic heterocycles. The maximum Gasteiger partial charge on any atom is 0.417 e. The average Bonchev–Trinajstić information content (AvgIpc) is 2.46. The quantitative estimate of drug-likeness (QED) is 0.816. The Kier molecular flexibility index (Phi) is 5.20. The van der Waals surface area contributed by atoms with Crippen molar-refractivity contribution in [2.45, 2.75) is 12.7 Å². The van der Waals surface area contributed by atoms with E-state index in [1.165, 1.54) is 0 Å². The molecule has 8 heteroatoms. The van der Waals surface area contributed by atoms with Gasteiger partial charge in [0.25, 0.3) is 0 Å². The molecule has 0 unspecified atom stereocenters. The summed E-state index contributed by atoms with van der Waals surface area (Å²) in [5.41, 5.74) is 0.199. The number of thiocarbonyl (C=S) groups is 1. The Morgan fingerprint density at radius 1 is 1.23 bits per heavy atom. The minimum absolute atomic E-state index is 0.0650. The zero-order chi connectivity index (χ0) is 16.2. The number of hydrogen-bond acceptors (Lipinski definition) is 2. The second-order valence-electron chi connectivity index (χ2n) is 4.32. The number of aromatic nitrogens is 1. The zero-order valence-corrected chi connectivity index (χ0v) is 12.7. The van der Waals surface area contributed by atoms with Gasteiger partial charge in [0.2, 0.25) is 0 Å². The van der Waals surface area contributed by atoms with Crippen LogP contribution in [0.2, 0.25) is 5.02 Å². The van der Waals surface area contributed by atoms with E-state index in [1.807, 2.05) is 30.3 Å². The van der Waals surface area contributed by atoms with Gasteiger partial charge in [-0.15, -0.1) is 0 Å². The van der Waals surface area contributed by atoms with Crippen LogP contribution in [0.1, 0.15) is 11.3 Å². The molecule has 0 spiro atoms. The van der Waals surface area contributed by atoms with E-state index in [9.17, 15) is 13.2 Å². The van der Waals surface area contributed by atoms with Crippen molar-refractivity contribution in [2.75, 3.05) is 5.32 Å². The number of benzene rings is 1. The first-order valence-electron chi connectivity index (χ1n) is 6.18. The molecule has 0 saturated heterocycles. The molecule has 0 fully saturated rings. The highest BCUT2D eigenvalue weighted by atomic mass is 35.5. The molecule has 2 N–H and O–H groups in total. The molecule has 0 aliphatic carbocycles. The molecule has 1 heterocycles. The third-order valence-corrected chi connectivity index (χ3v) is 3.27. The molecule has 116 valence electrons. The molecule has 1 aromatic heterocycles. The highest BCUT2D eigenvalue weighted by molar-refractivity contribution is 7.80. The molecule has 0 amide bonds. The van der Waals surface area contributed by atoms with Crippen molar-refractivity contribution in [1.29, 1.82) is 0 Å². The number of halogens is 4. The van der Waals surface area contributed by atoms with Crippen LogP contribution in [0.3, 0.4) is 0 Å². The fraction of sp³-hybridized carbons (Fsp3) is 0.143. The first-order valence-corrected chi connectivity index (χ1v) is 6.96. The van der Waals surface area contributed by atoms with Gasteiger partial charge in [-0.3, -0.25) is 4.98 Å². The van der Waals surface area contributed by atoms with E-state index >= 15 is 0 Å². The smallest absolute Gasteiger partial charge is 0.357 e. The van der Waals surface area contributed by atoms with Gasteiger partial charge in [0, 0.05) is 11.9 Å². The third-order valence-electron chi connectivity index (χ3n) is 2.69. The van der Waals surface area contributed by atoms with Crippen molar-refractivity contribution in [1.82, 2.24) is 10.3 Å². The molecule has 2 aromatic rings. The van der Waals surface area contributed by atoms with Crippen LogP contribution in [0.5, 0.6) is 0 Å². The van der Waals surface area contributed by atoms with Gasteiger partial charge in [-0.1, -0.05) is 29.8 Å². The second-order valence-corrected chi connectivity index (χ2v) is 5.14. The van der Waals surface area contributed by atoms with Crippen molar-refractivity contribution in [2.24, 2.45) is 0 Å². The van der Waals surface area contributed by atoms with E-state index in [-0.39, 0.29) is 17.3 Å². The number of rotatable bonds is 3. The van der Waals surface area contributed by atoms with E-state index in [1.54, 1.807) is 0 Å². The van der Waals surface area contributed by atoms with Crippen LogP contribution >= 0.6 is 23.8 Å². The lowest BCUT2D eigenvalue weighted by molar-refractivity contribution is -0.137. The minimum Gasteiger partial charge on any atom is -0.357 e. The molecular formula is C14H11ClF3N3S. The van der Waals surface area contributed by atoms with Crippen LogP contribution in [0.15, 0.2) is 42.6 Å². The highest BCUT2D eigenvalue weighted by Crippen LogP contribution is 2.30. The first kappa shape index (κ1) is 16.5. The number of para-hydroxylation sites is 1. The Balaban J connectivity index is 1.96.